The van der Waals surface area contributed by atoms with Crippen molar-refractivity contribution in [3.8, 4) is 5.75 Å². The molecule has 24 heavy (non-hydrogen) atoms. The molecule has 1 heterocycles. The Bertz CT molecular complexity index is 575. The first-order chi connectivity index (χ1) is 11.7. The van der Waals surface area contributed by atoms with Gasteiger partial charge in [-0.3, -0.25) is 9.78 Å². The topological polar surface area (TPSA) is 51.2 Å². The highest BCUT2D eigenvalue weighted by Gasteiger charge is 2.26. The van der Waals surface area contributed by atoms with Gasteiger partial charge in [0.05, 0.1) is 12.3 Å². The summed E-state index contributed by atoms with van der Waals surface area (Å²) in [7, 11) is 0. The van der Waals surface area contributed by atoms with E-state index in [0.717, 1.165) is 36.4 Å². The fourth-order valence-electron chi connectivity index (χ4n) is 3.82. The summed E-state index contributed by atoms with van der Waals surface area (Å²) in [6.45, 7) is 5.49. The molecule has 2 fully saturated rings. The second-order valence-corrected chi connectivity index (χ2v) is 7.23. The Hall–Kier alpha value is -1.58. The van der Waals surface area contributed by atoms with Crippen LogP contribution in [0.4, 0.5) is 0 Å². The average Bonchev–Trinajstić information content (AvgIpc) is 3.03. The average molecular weight is 330 g/mol. The summed E-state index contributed by atoms with van der Waals surface area (Å²) >= 11 is 0. The standard InChI is InChI=1S/C20H30N2O2/c1-3-24-19-14(2)13-17(22-18(19)15-9-6-10-15)11-12-21-20(23)16-7-4-5-8-16/h13,15-16H,3-12H2,1-2H3,(H,21,23). The predicted octanol–water partition coefficient (Wildman–Crippen LogP) is 3.91. The zero-order valence-corrected chi connectivity index (χ0v) is 15.1. The molecule has 0 atom stereocenters. The molecule has 1 aromatic rings. The van der Waals surface area contributed by atoms with E-state index in [4.69, 9.17) is 9.72 Å². The van der Waals surface area contributed by atoms with E-state index < -0.39 is 0 Å². The van der Waals surface area contributed by atoms with E-state index in [0.29, 0.717) is 19.1 Å². The minimum atomic E-state index is 0.231. The summed E-state index contributed by atoms with van der Waals surface area (Å²) in [6.07, 6.45) is 9.02. The Balaban J connectivity index is 1.62. The van der Waals surface area contributed by atoms with Crippen LogP contribution in [0.15, 0.2) is 6.07 Å². The number of pyridine rings is 1. The van der Waals surface area contributed by atoms with Gasteiger partial charge in [0.2, 0.25) is 5.91 Å². The summed E-state index contributed by atoms with van der Waals surface area (Å²) in [6, 6.07) is 2.12. The van der Waals surface area contributed by atoms with Crippen molar-refractivity contribution in [2.45, 2.75) is 71.1 Å². The third kappa shape index (κ3) is 3.90. The number of hydrogen-bond donors (Lipinski definition) is 1. The van der Waals surface area contributed by atoms with Crippen LogP contribution in [0.3, 0.4) is 0 Å². The van der Waals surface area contributed by atoms with Crippen molar-refractivity contribution in [2.75, 3.05) is 13.2 Å². The molecule has 1 aromatic heterocycles. The smallest absolute Gasteiger partial charge is 0.223 e. The van der Waals surface area contributed by atoms with Crippen molar-refractivity contribution in [3.05, 3.63) is 23.0 Å². The van der Waals surface area contributed by atoms with Gasteiger partial charge in [-0.2, -0.15) is 0 Å². The molecular weight excluding hydrogens is 300 g/mol. The Morgan fingerprint density at radius 3 is 2.62 bits per heavy atom. The lowest BCUT2D eigenvalue weighted by atomic mass is 9.81. The molecule has 2 aliphatic carbocycles. The fourth-order valence-corrected chi connectivity index (χ4v) is 3.82. The lowest BCUT2D eigenvalue weighted by molar-refractivity contribution is -0.124. The normalized spacial score (nSPS) is 18.4. The monoisotopic (exact) mass is 330 g/mol. The molecule has 3 rings (SSSR count). The number of rotatable bonds is 7. The Morgan fingerprint density at radius 2 is 2.00 bits per heavy atom. The predicted molar refractivity (Wildman–Crippen MR) is 95.4 cm³/mol. The molecular formula is C20H30N2O2. The van der Waals surface area contributed by atoms with Crippen LogP contribution in [-0.4, -0.2) is 24.0 Å². The van der Waals surface area contributed by atoms with Crippen molar-refractivity contribution in [1.82, 2.24) is 10.3 Å². The number of ether oxygens (including phenoxy) is 1. The van der Waals surface area contributed by atoms with Gasteiger partial charge in [0, 0.05) is 30.5 Å². The molecule has 2 aliphatic rings. The van der Waals surface area contributed by atoms with Gasteiger partial charge in [-0.05, 0) is 51.2 Å². The lowest BCUT2D eigenvalue weighted by Gasteiger charge is -2.28. The first-order valence-electron chi connectivity index (χ1n) is 9.60. The zero-order valence-electron chi connectivity index (χ0n) is 15.1. The molecule has 132 valence electrons. The minimum absolute atomic E-state index is 0.231. The number of carbonyl (C=O) groups is 1. The van der Waals surface area contributed by atoms with Crippen LogP contribution in [0.25, 0.3) is 0 Å². The number of aryl methyl sites for hydroxylation is 1. The molecule has 4 nitrogen and oxygen atoms in total. The van der Waals surface area contributed by atoms with Crippen molar-refractivity contribution in [2.24, 2.45) is 5.92 Å². The van der Waals surface area contributed by atoms with Crippen molar-refractivity contribution in [1.29, 1.82) is 0 Å². The maximum absolute atomic E-state index is 12.1. The third-order valence-corrected chi connectivity index (χ3v) is 5.42. The molecule has 0 bridgehead atoms. The van der Waals surface area contributed by atoms with E-state index in [9.17, 15) is 4.79 Å². The van der Waals surface area contributed by atoms with E-state index in [1.54, 1.807) is 0 Å². The molecule has 1 amide bonds. The molecule has 0 spiro atoms. The Labute approximate surface area is 145 Å². The minimum Gasteiger partial charge on any atom is -0.492 e. The van der Waals surface area contributed by atoms with Crippen LogP contribution in [-0.2, 0) is 11.2 Å². The third-order valence-electron chi connectivity index (χ3n) is 5.42. The second kappa shape index (κ2) is 8.00. The molecule has 1 N–H and O–H groups in total. The van der Waals surface area contributed by atoms with E-state index >= 15 is 0 Å². The first-order valence-corrected chi connectivity index (χ1v) is 9.60. The summed E-state index contributed by atoms with van der Waals surface area (Å²) in [5.41, 5.74) is 3.38. The lowest BCUT2D eigenvalue weighted by Crippen LogP contribution is -2.31. The molecule has 0 aromatic carbocycles. The van der Waals surface area contributed by atoms with Gasteiger partial charge < -0.3 is 10.1 Å². The second-order valence-electron chi connectivity index (χ2n) is 7.23. The summed E-state index contributed by atoms with van der Waals surface area (Å²) < 4.78 is 5.86. The van der Waals surface area contributed by atoms with Gasteiger partial charge >= 0.3 is 0 Å². The SMILES string of the molecule is CCOc1c(C)cc(CCNC(=O)C2CCCC2)nc1C1CCC1. The fraction of sp³-hybridized carbons (Fsp3) is 0.700. The van der Waals surface area contributed by atoms with Gasteiger partial charge in [0.25, 0.3) is 0 Å². The van der Waals surface area contributed by atoms with E-state index in [2.05, 4.69) is 18.3 Å². The number of hydrogen-bond acceptors (Lipinski definition) is 3. The molecule has 4 heteroatoms. The van der Waals surface area contributed by atoms with Crippen LogP contribution in [0.2, 0.25) is 0 Å². The van der Waals surface area contributed by atoms with E-state index in [1.807, 2.05) is 6.92 Å². The number of nitrogens with zero attached hydrogens (tertiary/aromatic N) is 1. The van der Waals surface area contributed by atoms with Crippen LogP contribution in [0.5, 0.6) is 5.75 Å². The van der Waals surface area contributed by atoms with Crippen LogP contribution >= 0.6 is 0 Å². The van der Waals surface area contributed by atoms with Gasteiger partial charge in [-0.1, -0.05) is 19.3 Å². The highest BCUT2D eigenvalue weighted by atomic mass is 16.5. The summed E-state index contributed by atoms with van der Waals surface area (Å²) in [5.74, 6) is 2.01. The first kappa shape index (κ1) is 17.2. The quantitative estimate of drug-likeness (QED) is 0.825. The molecule has 0 unspecified atom stereocenters. The van der Waals surface area contributed by atoms with Crippen LogP contribution < -0.4 is 10.1 Å². The van der Waals surface area contributed by atoms with Gasteiger partial charge in [0.1, 0.15) is 5.75 Å². The maximum atomic E-state index is 12.1. The molecule has 2 saturated carbocycles. The Kier molecular flexibility index (Phi) is 5.75. The number of nitrogens with one attached hydrogen (secondary N) is 1. The number of carbonyl (C=O) groups excluding carboxylic acids is 1. The van der Waals surface area contributed by atoms with Gasteiger partial charge in [-0.15, -0.1) is 0 Å². The summed E-state index contributed by atoms with van der Waals surface area (Å²) in [5, 5.41) is 3.10. The van der Waals surface area contributed by atoms with Gasteiger partial charge in [-0.25, -0.2) is 0 Å². The Morgan fingerprint density at radius 1 is 1.25 bits per heavy atom. The van der Waals surface area contributed by atoms with Crippen LogP contribution in [0.1, 0.15) is 74.7 Å². The van der Waals surface area contributed by atoms with Crippen molar-refractivity contribution < 1.29 is 9.53 Å². The highest BCUT2D eigenvalue weighted by molar-refractivity contribution is 5.78. The molecule has 0 aliphatic heterocycles. The molecule has 0 saturated heterocycles. The van der Waals surface area contributed by atoms with Crippen LogP contribution in [0, 0.1) is 12.8 Å². The summed E-state index contributed by atoms with van der Waals surface area (Å²) in [4.78, 5) is 17.0. The van der Waals surface area contributed by atoms with Crippen molar-refractivity contribution in [3.63, 3.8) is 0 Å². The van der Waals surface area contributed by atoms with E-state index in [1.165, 1.54) is 37.7 Å². The number of aromatic nitrogens is 1. The zero-order chi connectivity index (χ0) is 16.9. The molecule has 0 radical (unpaired) electrons. The van der Waals surface area contributed by atoms with Gasteiger partial charge in [0.15, 0.2) is 0 Å². The highest BCUT2D eigenvalue weighted by Crippen LogP contribution is 2.41. The maximum Gasteiger partial charge on any atom is 0.223 e. The largest absolute Gasteiger partial charge is 0.492 e. The van der Waals surface area contributed by atoms with Crippen molar-refractivity contribution >= 4 is 5.91 Å². The number of amides is 1. The van der Waals surface area contributed by atoms with E-state index in [-0.39, 0.29) is 11.8 Å².